The van der Waals surface area contributed by atoms with Gasteiger partial charge in [-0.3, -0.25) is 0 Å². The van der Waals surface area contributed by atoms with Crippen molar-refractivity contribution in [2.75, 3.05) is 6.61 Å². The smallest absolute Gasteiger partial charge is 0.345 e. The van der Waals surface area contributed by atoms with Crippen LogP contribution >= 0.6 is 11.6 Å². The summed E-state index contributed by atoms with van der Waals surface area (Å²) in [6.45, 7) is 3.37. The van der Waals surface area contributed by atoms with Gasteiger partial charge in [-0.2, -0.15) is 0 Å². The number of rotatable bonds is 19. The predicted octanol–water partition coefficient (Wildman–Crippen LogP) is 11.2. The molecular weight excluding hydrogens is 624 g/mol. The fourth-order valence-electron chi connectivity index (χ4n) is 5.25. The molecule has 0 bridgehead atoms. The lowest BCUT2D eigenvalue weighted by molar-refractivity contribution is 0.0735. The Kier molecular flexibility index (Phi) is 13.5. The van der Waals surface area contributed by atoms with Gasteiger partial charge in [0.2, 0.25) is 11.8 Å². The lowest BCUT2D eigenvalue weighted by Crippen LogP contribution is -2.09. The zero-order chi connectivity index (χ0) is 33.4. The summed E-state index contributed by atoms with van der Waals surface area (Å²) in [6.07, 6.45) is 12.7. The first kappa shape index (κ1) is 34.7. The van der Waals surface area contributed by atoms with E-state index in [1.165, 1.54) is 51.4 Å². The third kappa shape index (κ3) is 10.7. The lowest BCUT2D eigenvalue weighted by atomic mass is 10.1. The molecular formula is C40H43ClN2O5. The molecule has 0 unspecified atom stereocenters. The van der Waals surface area contributed by atoms with Gasteiger partial charge in [0.1, 0.15) is 23.9 Å². The third-order valence-corrected chi connectivity index (χ3v) is 8.33. The Balaban J connectivity index is 1.05. The summed E-state index contributed by atoms with van der Waals surface area (Å²) < 4.78 is 23.2. The van der Waals surface area contributed by atoms with Crippen LogP contribution in [-0.4, -0.2) is 22.8 Å². The SMILES string of the molecule is CCCCCCCCCCCCOc1ccc(C(=O)Oc2ccc(-c3nnc(-c4ccc(OCc5ccccc5)cc4)o3)cc2)c(Cl)c1. The molecule has 0 N–H and O–H groups in total. The summed E-state index contributed by atoms with van der Waals surface area (Å²) in [5, 5.41) is 8.67. The van der Waals surface area contributed by atoms with E-state index in [1.54, 1.807) is 42.5 Å². The van der Waals surface area contributed by atoms with Gasteiger partial charge in [-0.05, 0) is 78.7 Å². The number of hydrogen-bond donors (Lipinski definition) is 0. The van der Waals surface area contributed by atoms with E-state index in [0.29, 0.717) is 42.1 Å². The minimum atomic E-state index is -0.551. The number of ether oxygens (including phenoxy) is 3. The Morgan fingerprint density at radius 2 is 1.21 bits per heavy atom. The maximum atomic E-state index is 12.9. The molecule has 0 amide bonds. The van der Waals surface area contributed by atoms with E-state index in [1.807, 2.05) is 54.6 Å². The van der Waals surface area contributed by atoms with Crippen molar-refractivity contribution in [1.82, 2.24) is 10.2 Å². The molecule has 0 aliphatic carbocycles. The van der Waals surface area contributed by atoms with E-state index in [2.05, 4.69) is 17.1 Å². The Bertz CT molecular complexity index is 1690. The molecule has 0 fully saturated rings. The van der Waals surface area contributed by atoms with Crippen molar-refractivity contribution in [3.63, 3.8) is 0 Å². The van der Waals surface area contributed by atoms with Crippen LogP contribution in [0.4, 0.5) is 0 Å². The minimum absolute atomic E-state index is 0.269. The topological polar surface area (TPSA) is 83.7 Å². The third-order valence-electron chi connectivity index (χ3n) is 8.01. The van der Waals surface area contributed by atoms with Gasteiger partial charge >= 0.3 is 5.97 Å². The van der Waals surface area contributed by atoms with Crippen LogP contribution in [0.3, 0.4) is 0 Å². The summed E-state index contributed by atoms with van der Waals surface area (Å²) in [5.41, 5.74) is 2.84. The van der Waals surface area contributed by atoms with Crippen molar-refractivity contribution >= 4 is 17.6 Å². The average molecular weight is 667 g/mol. The first-order valence-corrected chi connectivity index (χ1v) is 17.3. The second-order valence-electron chi connectivity index (χ2n) is 11.8. The summed E-state index contributed by atoms with van der Waals surface area (Å²) in [5.74, 6) is 1.95. The highest BCUT2D eigenvalue weighted by Gasteiger charge is 2.15. The number of unbranched alkanes of at least 4 members (excludes halogenated alkanes) is 9. The van der Waals surface area contributed by atoms with Gasteiger partial charge in [0.05, 0.1) is 17.2 Å². The molecule has 0 aliphatic heterocycles. The monoisotopic (exact) mass is 666 g/mol. The number of hydrogen-bond acceptors (Lipinski definition) is 7. The van der Waals surface area contributed by atoms with Gasteiger partial charge in [-0.25, -0.2) is 4.79 Å². The molecule has 0 aliphatic rings. The highest BCUT2D eigenvalue weighted by atomic mass is 35.5. The van der Waals surface area contributed by atoms with E-state index in [-0.39, 0.29) is 10.6 Å². The summed E-state index contributed by atoms with van der Waals surface area (Å²) >= 11 is 6.43. The van der Waals surface area contributed by atoms with Gasteiger partial charge in [-0.15, -0.1) is 10.2 Å². The maximum absolute atomic E-state index is 12.9. The Labute approximate surface area is 288 Å². The van der Waals surface area contributed by atoms with Crippen molar-refractivity contribution in [1.29, 1.82) is 0 Å². The molecule has 5 rings (SSSR count). The quantitative estimate of drug-likeness (QED) is 0.0492. The van der Waals surface area contributed by atoms with Crippen LogP contribution in [0.1, 0.15) is 87.1 Å². The van der Waals surface area contributed by atoms with Gasteiger partial charge in [0.15, 0.2) is 0 Å². The number of nitrogens with zero attached hydrogens (tertiary/aromatic N) is 2. The highest BCUT2D eigenvalue weighted by Crippen LogP contribution is 2.28. The Morgan fingerprint density at radius 1 is 0.646 bits per heavy atom. The fourth-order valence-corrected chi connectivity index (χ4v) is 5.50. The van der Waals surface area contributed by atoms with Crippen LogP contribution in [0.15, 0.2) is 101 Å². The fraction of sp³-hybridized carbons (Fsp3) is 0.325. The Hall–Kier alpha value is -4.62. The van der Waals surface area contributed by atoms with Gasteiger partial charge in [0.25, 0.3) is 0 Å². The molecule has 5 aromatic rings. The van der Waals surface area contributed by atoms with Crippen molar-refractivity contribution in [2.45, 2.75) is 77.7 Å². The van der Waals surface area contributed by atoms with Crippen LogP contribution in [0.2, 0.25) is 5.02 Å². The van der Waals surface area contributed by atoms with Crippen molar-refractivity contribution in [2.24, 2.45) is 0 Å². The van der Waals surface area contributed by atoms with Gasteiger partial charge < -0.3 is 18.6 Å². The number of halogens is 1. The van der Waals surface area contributed by atoms with Crippen LogP contribution in [0.5, 0.6) is 17.2 Å². The maximum Gasteiger partial charge on any atom is 0.345 e. The first-order valence-electron chi connectivity index (χ1n) is 16.9. The first-order chi connectivity index (χ1) is 23.6. The average Bonchev–Trinajstić information content (AvgIpc) is 3.61. The zero-order valence-corrected chi connectivity index (χ0v) is 28.3. The summed E-state index contributed by atoms with van der Waals surface area (Å²) in [7, 11) is 0. The van der Waals surface area contributed by atoms with Gasteiger partial charge in [0, 0.05) is 11.1 Å². The molecule has 0 atom stereocenters. The van der Waals surface area contributed by atoms with Crippen LogP contribution in [-0.2, 0) is 6.61 Å². The van der Waals surface area contributed by atoms with Crippen LogP contribution in [0.25, 0.3) is 22.9 Å². The zero-order valence-electron chi connectivity index (χ0n) is 27.5. The second kappa shape index (κ2) is 18.6. The molecule has 4 aromatic carbocycles. The van der Waals surface area contributed by atoms with Gasteiger partial charge in [-0.1, -0.05) is 107 Å². The molecule has 8 heteroatoms. The minimum Gasteiger partial charge on any atom is -0.494 e. The molecule has 1 heterocycles. The molecule has 7 nitrogen and oxygen atoms in total. The second-order valence-corrected chi connectivity index (χ2v) is 12.2. The summed E-state index contributed by atoms with van der Waals surface area (Å²) in [4.78, 5) is 12.9. The molecule has 250 valence electrons. The van der Waals surface area contributed by atoms with E-state index in [0.717, 1.165) is 29.7 Å². The van der Waals surface area contributed by atoms with E-state index < -0.39 is 5.97 Å². The van der Waals surface area contributed by atoms with E-state index >= 15 is 0 Å². The Morgan fingerprint density at radius 3 is 1.81 bits per heavy atom. The largest absolute Gasteiger partial charge is 0.494 e. The van der Waals surface area contributed by atoms with Crippen LogP contribution < -0.4 is 14.2 Å². The standard InChI is InChI=1S/C40H43ClN2O5/c1-2-3-4-5-6-7-8-9-10-14-27-45-35-25-26-36(37(41)28-35)40(44)47-34-23-19-32(20-24-34)39-43-42-38(48-39)31-17-21-33(22-18-31)46-29-30-15-12-11-13-16-30/h11-13,15-26,28H,2-10,14,27,29H2,1H3. The molecule has 0 radical (unpaired) electrons. The molecule has 48 heavy (non-hydrogen) atoms. The van der Waals surface area contributed by atoms with E-state index in [4.69, 9.17) is 30.2 Å². The van der Waals surface area contributed by atoms with Crippen molar-refractivity contribution < 1.29 is 23.4 Å². The predicted molar refractivity (Wildman–Crippen MR) is 190 cm³/mol. The molecule has 0 spiro atoms. The van der Waals surface area contributed by atoms with Crippen LogP contribution in [0, 0.1) is 0 Å². The number of carbonyl (C=O) groups is 1. The van der Waals surface area contributed by atoms with Crippen molar-refractivity contribution in [3.8, 4) is 40.2 Å². The normalized spacial score (nSPS) is 11.0. The number of benzene rings is 4. The number of aromatic nitrogens is 2. The molecule has 1 aromatic heterocycles. The van der Waals surface area contributed by atoms with E-state index in [9.17, 15) is 4.79 Å². The highest BCUT2D eigenvalue weighted by molar-refractivity contribution is 6.33. The lowest BCUT2D eigenvalue weighted by Gasteiger charge is -2.10. The summed E-state index contributed by atoms with van der Waals surface area (Å²) in [6, 6.07) is 29.4. The van der Waals surface area contributed by atoms with Crippen molar-refractivity contribution in [3.05, 3.63) is 113 Å². The number of carbonyl (C=O) groups excluding carboxylic acids is 1. The molecule has 0 saturated heterocycles. The molecule has 0 saturated carbocycles. The number of esters is 1.